The monoisotopic (exact) mass is 1700 g/mol. The number of alkyl halides is 12. The highest BCUT2D eigenvalue weighted by Gasteiger charge is 2.41. The van der Waals surface area contributed by atoms with Gasteiger partial charge in [-0.1, -0.05) is 50.2 Å². The fraction of sp³-hybridized carbons (Fsp3) is 0.530. The number of Topliss-reactive ketones (excluding diaryl/α,β-unsaturated/α-hetero) is 2. The quantitative estimate of drug-likeness (QED) is 0.0757. The number of hydrogen-bond donors (Lipinski definition) is 3. The summed E-state index contributed by atoms with van der Waals surface area (Å²) >= 11 is 0. The molecule has 121 heavy (non-hydrogen) atoms. The van der Waals surface area contributed by atoms with Gasteiger partial charge in [0.25, 0.3) is 16.7 Å². The Bertz CT molecular complexity index is 5540. The number of halogens is 12. The lowest BCUT2D eigenvalue weighted by atomic mass is 9.96. The Hall–Kier alpha value is -10.3. The third-order valence-electron chi connectivity index (χ3n) is 23.0. The molecule has 0 spiro atoms. The molecule has 7 aliphatic heterocycles. The van der Waals surface area contributed by atoms with Gasteiger partial charge in [0.2, 0.25) is 0 Å². The van der Waals surface area contributed by atoms with E-state index in [1.165, 1.54) is 50.4 Å². The first-order valence-corrected chi connectivity index (χ1v) is 40.8. The molecule has 0 amide bonds. The van der Waals surface area contributed by atoms with Crippen LogP contribution in [0.3, 0.4) is 0 Å². The number of aromatic nitrogens is 14. The molecule has 648 valence electrons. The molecule has 38 heteroatoms. The molecule has 1 saturated carbocycles. The van der Waals surface area contributed by atoms with Crippen LogP contribution in [0, 0.1) is 17.8 Å². The zero-order valence-electron chi connectivity index (χ0n) is 66.4. The summed E-state index contributed by atoms with van der Waals surface area (Å²) in [4.78, 5) is 91.6. The van der Waals surface area contributed by atoms with E-state index in [-0.39, 0.29) is 103 Å². The van der Waals surface area contributed by atoms with E-state index in [4.69, 9.17) is 23.7 Å². The smallest absolute Gasteiger partial charge is 0.381 e. The lowest BCUT2D eigenvalue weighted by Gasteiger charge is -2.26. The standard InChI is InChI=1S/2C20H19F3N2O2.C15H19F3N4O2.C14H17F3N4O2.C14H18N4O2/c21-20(22,23)14-3-1-2-13(10-14)11-15-12-18(26)17-4-7-25(19(17)24-15)16-5-8-27-9-6-16;21-20(22,23)17-4-2-1-3-13(17)11-14-12-18(26)16-5-8-25(19(16)24-14)15-6-9-27-10-7-15;1-2-9(15(16,17)18)7-12-20-13-11(14(23)21-12)8-19-22(13)10-3-5-24-6-4-10;1-8(14(15,16)17)6-11-19-12-10(13(22)20-11)7-18-21(12)9-2-4-23-5-3-9;19-14-11-8-15-18(10-3-5-20-6-4-10)13(11)16-12(17-14)7-9-1-2-9/h1-4,7,10,16H,5-6,8-9,11-12H2;1-5,8,15H,6-7,9-12H2;8-10H,2-7H2,1H3,(H,20,21,23);7-9H,2-6H2,1H3,(H,19,20,22);8-10H,1-7H2,(H,16,17,19). The zero-order valence-corrected chi connectivity index (χ0v) is 66.4. The predicted molar refractivity (Wildman–Crippen MR) is 420 cm³/mol. The van der Waals surface area contributed by atoms with Crippen LogP contribution in [0.15, 0.2) is 116 Å². The van der Waals surface area contributed by atoms with E-state index in [0.29, 0.717) is 132 Å². The minimum absolute atomic E-state index is 0.0137. The highest BCUT2D eigenvalue weighted by atomic mass is 19.4. The summed E-state index contributed by atoms with van der Waals surface area (Å²) in [5.74, 6) is -0.462. The van der Waals surface area contributed by atoms with Crippen molar-refractivity contribution in [2.75, 3.05) is 66.1 Å². The minimum Gasteiger partial charge on any atom is -0.381 e. The number of ketones is 2. The molecule has 5 saturated heterocycles. The summed E-state index contributed by atoms with van der Waals surface area (Å²) in [6, 6.07) is 15.0. The summed E-state index contributed by atoms with van der Waals surface area (Å²) in [5.41, 5.74) is 1.93. The van der Waals surface area contributed by atoms with E-state index in [9.17, 15) is 76.7 Å². The Balaban J connectivity index is 0.000000124. The number of nitrogens with zero attached hydrogens (tertiary/aromatic N) is 13. The molecule has 6 fully saturated rings. The van der Waals surface area contributed by atoms with Crippen molar-refractivity contribution in [3.8, 4) is 0 Å². The first-order valence-electron chi connectivity index (χ1n) is 40.8. The Morgan fingerprint density at radius 2 is 0.860 bits per heavy atom. The number of rotatable bonds is 16. The van der Waals surface area contributed by atoms with Crippen LogP contribution in [-0.2, 0) is 68.1 Å². The van der Waals surface area contributed by atoms with E-state index in [0.717, 1.165) is 120 Å². The summed E-state index contributed by atoms with van der Waals surface area (Å²) in [6.07, 6.45) is 1.98. The van der Waals surface area contributed by atoms with E-state index in [1.54, 1.807) is 39.8 Å². The van der Waals surface area contributed by atoms with Gasteiger partial charge in [0.05, 0.1) is 83.6 Å². The Morgan fingerprint density at radius 1 is 0.455 bits per heavy atom. The lowest BCUT2D eigenvalue weighted by molar-refractivity contribution is -0.175. The summed E-state index contributed by atoms with van der Waals surface area (Å²) < 4.78 is 192. The molecular formula is C83H92F12N16O10. The van der Waals surface area contributed by atoms with Crippen LogP contribution in [0.5, 0.6) is 0 Å². The zero-order chi connectivity index (χ0) is 85.5. The number of H-pyrrole nitrogens is 3. The maximum absolute atomic E-state index is 13.3. The average molecular weight is 1700 g/mol. The van der Waals surface area contributed by atoms with Gasteiger partial charge in [-0.05, 0) is 125 Å². The van der Waals surface area contributed by atoms with Crippen molar-refractivity contribution < 1.29 is 86.0 Å². The van der Waals surface area contributed by atoms with Gasteiger partial charge in [-0.3, -0.25) is 24.0 Å². The third-order valence-corrected chi connectivity index (χ3v) is 23.0. The minimum atomic E-state index is -4.43. The molecule has 1 aliphatic carbocycles. The molecule has 0 radical (unpaired) electrons. The second-order valence-corrected chi connectivity index (χ2v) is 31.6. The summed E-state index contributed by atoms with van der Waals surface area (Å²) in [6.45, 7) is 9.07. The molecule has 3 N–H and O–H groups in total. The average Bonchev–Trinajstić information content (AvgIpc) is 1.73. The van der Waals surface area contributed by atoms with Crippen molar-refractivity contribution in [3.63, 3.8) is 0 Å². The van der Waals surface area contributed by atoms with Gasteiger partial charge < -0.3 is 47.8 Å². The maximum atomic E-state index is 13.3. The second-order valence-electron chi connectivity index (χ2n) is 31.6. The molecule has 2 atom stereocenters. The topological polar surface area (TPSA) is 306 Å². The van der Waals surface area contributed by atoms with Gasteiger partial charge in [-0.2, -0.15) is 68.0 Å². The molecule has 0 bridgehead atoms. The fourth-order valence-corrected chi connectivity index (χ4v) is 16.0. The van der Waals surface area contributed by atoms with Crippen molar-refractivity contribution >= 4 is 67.7 Å². The van der Waals surface area contributed by atoms with Crippen LogP contribution in [0.2, 0.25) is 0 Å². The van der Waals surface area contributed by atoms with Crippen molar-refractivity contribution in [3.05, 3.63) is 174 Å². The number of aliphatic imine (C=N–C) groups is 2. The number of nitrogens with one attached hydrogen (secondary N) is 3. The maximum Gasteiger partial charge on any atom is 0.416 e. The number of aromatic amines is 3. The van der Waals surface area contributed by atoms with Gasteiger partial charge in [-0.15, -0.1) is 0 Å². The highest BCUT2D eigenvalue weighted by molar-refractivity contribution is 6.16. The predicted octanol–water partition coefficient (Wildman–Crippen LogP) is 15.8. The number of hydrogen-bond acceptors (Lipinski definition) is 18. The first kappa shape index (κ1) is 87.1. The largest absolute Gasteiger partial charge is 0.416 e. The Morgan fingerprint density at radius 3 is 1.26 bits per heavy atom. The highest BCUT2D eigenvalue weighted by Crippen LogP contribution is 2.41. The molecule has 8 aliphatic rings. The number of ether oxygens (including phenoxy) is 5. The van der Waals surface area contributed by atoms with Crippen LogP contribution < -0.4 is 16.7 Å². The van der Waals surface area contributed by atoms with Crippen molar-refractivity contribution in [1.82, 2.24) is 68.4 Å². The molecule has 2 unspecified atom stereocenters. The van der Waals surface area contributed by atoms with Gasteiger partial charge in [0.15, 0.2) is 28.5 Å². The molecular weight excluding hydrogens is 1610 g/mol. The van der Waals surface area contributed by atoms with Crippen LogP contribution in [0.4, 0.5) is 64.3 Å². The Labute approximate surface area is 683 Å². The molecule has 18 rings (SSSR count). The SMILES string of the molecule is CC(Cc1nc2c(cnn2C2CCOCC2)c(=O)[nH]1)C(F)(F)F.CCC(Cc1nc2c(cnn2C2CCOCC2)c(=O)[nH]1)C(F)(F)F.O=C1CC(Cc2cccc(C(F)(F)F)c2)=Nc2c1ccn2C1CCOCC1.O=C1CC(Cc2ccccc2C(F)(F)F)=Nc2c1ccn2C1CCOCC1.O=c1[nH]c(CC2CC2)nc2c1cnn2C1CCOCC1. The molecule has 2 aromatic carbocycles. The molecule has 10 aromatic rings. The van der Waals surface area contributed by atoms with Crippen LogP contribution in [0.25, 0.3) is 33.1 Å². The van der Waals surface area contributed by atoms with Crippen molar-refractivity contribution in [2.45, 2.75) is 197 Å². The number of benzene rings is 2. The van der Waals surface area contributed by atoms with Crippen LogP contribution >= 0.6 is 0 Å². The van der Waals surface area contributed by atoms with Gasteiger partial charge >= 0.3 is 24.7 Å². The molecule has 8 aromatic heterocycles. The van der Waals surface area contributed by atoms with Gasteiger partial charge in [-0.25, -0.2) is 39.0 Å². The van der Waals surface area contributed by atoms with E-state index in [1.807, 2.05) is 26.2 Å². The third kappa shape index (κ3) is 21.2. The van der Waals surface area contributed by atoms with E-state index >= 15 is 0 Å². The molecule has 26 nitrogen and oxygen atoms in total. The number of carbonyl (C=O) groups is 2. The van der Waals surface area contributed by atoms with Crippen LogP contribution in [0.1, 0.15) is 201 Å². The summed E-state index contributed by atoms with van der Waals surface area (Å²) in [7, 11) is 0. The normalized spacial score (nSPS) is 18.7. The van der Waals surface area contributed by atoms with Crippen molar-refractivity contribution in [1.29, 1.82) is 0 Å². The van der Waals surface area contributed by atoms with Gasteiger partial charge in [0.1, 0.15) is 45.3 Å². The summed E-state index contributed by atoms with van der Waals surface area (Å²) in [5, 5.41) is 14.0. The fourth-order valence-electron chi connectivity index (χ4n) is 16.0. The Kier molecular flexibility index (Phi) is 27.0. The lowest BCUT2D eigenvalue weighted by Crippen LogP contribution is -2.26. The second kappa shape index (κ2) is 37.6. The van der Waals surface area contributed by atoms with Crippen LogP contribution in [-0.4, -0.2) is 170 Å². The van der Waals surface area contributed by atoms with E-state index < -0.39 is 58.8 Å². The van der Waals surface area contributed by atoms with Gasteiger partial charge in [0, 0.05) is 134 Å². The van der Waals surface area contributed by atoms with E-state index in [2.05, 4.69) is 55.2 Å². The number of fused-ring (bicyclic) bond motifs is 5. The number of carbonyl (C=O) groups excluding carboxylic acids is 2. The van der Waals surface area contributed by atoms with Crippen molar-refractivity contribution in [2.24, 2.45) is 27.7 Å². The first-order chi connectivity index (χ1) is 57.9. The molecule has 15 heterocycles.